The van der Waals surface area contributed by atoms with Crippen LogP contribution in [-0.2, 0) is 16.0 Å². The maximum absolute atomic E-state index is 11.3. The molecule has 0 atom stereocenters. The van der Waals surface area contributed by atoms with Gasteiger partial charge in [-0.2, -0.15) is 0 Å². The van der Waals surface area contributed by atoms with Gasteiger partial charge in [-0.15, -0.1) is 0 Å². The summed E-state index contributed by atoms with van der Waals surface area (Å²) in [6, 6.07) is 8.12. The van der Waals surface area contributed by atoms with E-state index in [1.807, 2.05) is 18.2 Å². The van der Waals surface area contributed by atoms with E-state index in [1.54, 1.807) is 0 Å². The fraction of sp³-hybridized carbons (Fsp3) is 0.565. The molecule has 148 valence electrons. The lowest BCUT2D eigenvalue weighted by Crippen LogP contribution is -2.07. The molecule has 1 heterocycles. The van der Waals surface area contributed by atoms with Crippen molar-refractivity contribution in [2.75, 3.05) is 13.7 Å². The van der Waals surface area contributed by atoms with Gasteiger partial charge < -0.3 is 9.47 Å². The number of hydrogen-bond acceptors (Lipinski definition) is 4. The Kier molecular flexibility index (Phi) is 9.09. The van der Waals surface area contributed by atoms with Crippen molar-refractivity contribution >= 4 is 16.9 Å². The predicted octanol–water partition coefficient (Wildman–Crippen LogP) is 5.78. The van der Waals surface area contributed by atoms with Crippen LogP contribution in [0.3, 0.4) is 0 Å². The van der Waals surface area contributed by atoms with Gasteiger partial charge in [-0.05, 0) is 38.3 Å². The van der Waals surface area contributed by atoms with Crippen LogP contribution in [0, 0.1) is 6.92 Å². The molecule has 2 rings (SSSR count). The average molecular weight is 372 g/mol. The number of rotatable bonds is 12. The lowest BCUT2D eigenvalue weighted by Gasteiger charge is -2.15. The lowest BCUT2D eigenvalue weighted by atomic mass is 10.0. The van der Waals surface area contributed by atoms with Crippen molar-refractivity contribution in [1.82, 2.24) is 4.98 Å². The third-order valence-corrected chi connectivity index (χ3v) is 4.94. The second kappa shape index (κ2) is 11.6. The van der Waals surface area contributed by atoms with Crippen molar-refractivity contribution in [3.05, 3.63) is 35.5 Å². The maximum atomic E-state index is 11.3. The molecule has 0 saturated heterocycles. The zero-order chi connectivity index (χ0) is 19.5. The van der Waals surface area contributed by atoms with Crippen LogP contribution in [0.4, 0.5) is 0 Å². The first-order chi connectivity index (χ1) is 13.2. The Hall–Kier alpha value is -2.10. The molecule has 0 saturated carbocycles. The molecule has 0 N–H and O–H groups in total. The van der Waals surface area contributed by atoms with Crippen LogP contribution in [0.5, 0.6) is 5.75 Å². The minimum Gasteiger partial charge on any atom is -0.493 e. The van der Waals surface area contributed by atoms with Gasteiger partial charge in [0.05, 0.1) is 19.2 Å². The van der Waals surface area contributed by atoms with Gasteiger partial charge in [0.2, 0.25) is 0 Å². The van der Waals surface area contributed by atoms with E-state index >= 15 is 0 Å². The molecule has 0 aliphatic rings. The summed E-state index contributed by atoms with van der Waals surface area (Å²) in [7, 11) is 1.41. The van der Waals surface area contributed by atoms with Crippen LogP contribution >= 0.6 is 0 Å². The Balaban J connectivity index is 2.04. The number of carbonyl (C=O) groups excluding carboxylic acids is 1. The highest BCUT2D eigenvalue weighted by atomic mass is 16.5. The number of nitrogens with zero attached hydrogens (tertiary/aromatic N) is 1. The number of aryl methyl sites for hydroxylation is 1. The summed E-state index contributed by atoms with van der Waals surface area (Å²) < 4.78 is 10.8. The lowest BCUT2D eigenvalue weighted by molar-refractivity contribution is -0.140. The zero-order valence-corrected chi connectivity index (χ0v) is 17.1. The first-order valence-electron chi connectivity index (χ1n) is 10.2. The SMILES string of the molecule is CCCCCCCCc1nc2ccccc2c(OCCCC(=O)OC)c1C. The fourth-order valence-electron chi connectivity index (χ4n) is 3.32. The normalized spacial score (nSPS) is 10.9. The Labute approximate surface area is 163 Å². The van der Waals surface area contributed by atoms with Gasteiger partial charge in [-0.25, -0.2) is 0 Å². The van der Waals surface area contributed by atoms with Crippen LogP contribution in [0.25, 0.3) is 10.9 Å². The van der Waals surface area contributed by atoms with Crippen LogP contribution in [-0.4, -0.2) is 24.7 Å². The number of para-hydroxylation sites is 1. The smallest absolute Gasteiger partial charge is 0.305 e. The second-order valence-electron chi connectivity index (χ2n) is 7.08. The molecule has 27 heavy (non-hydrogen) atoms. The molecule has 0 bridgehead atoms. The van der Waals surface area contributed by atoms with E-state index in [-0.39, 0.29) is 5.97 Å². The molecule has 2 aromatic rings. The molecule has 0 fully saturated rings. The van der Waals surface area contributed by atoms with E-state index in [9.17, 15) is 4.79 Å². The molecule has 4 nitrogen and oxygen atoms in total. The zero-order valence-electron chi connectivity index (χ0n) is 17.1. The van der Waals surface area contributed by atoms with Crippen molar-refractivity contribution in [3.63, 3.8) is 0 Å². The quantitative estimate of drug-likeness (QED) is 0.350. The van der Waals surface area contributed by atoms with Gasteiger partial charge in [0.15, 0.2) is 0 Å². The van der Waals surface area contributed by atoms with E-state index < -0.39 is 0 Å². The third kappa shape index (κ3) is 6.53. The number of methoxy groups -OCH3 is 1. The Morgan fingerprint density at radius 1 is 1.04 bits per heavy atom. The van der Waals surface area contributed by atoms with E-state index in [1.165, 1.54) is 39.2 Å². The van der Waals surface area contributed by atoms with Gasteiger partial charge in [-0.3, -0.25) is 9.78 Å². The van der Waals surface area contributed by atoms with E-state index in [0.717, 1.165) is 40.8 Å². The van der Waals surface area contributed by atoms with Crippen LogP contribution in [0.15, 0.2) is 24.3 Å². The first-order valence-corrected chi connectivity index (χ1v) is 10.2. The van der Waals surface area contributed by atoms with Crippen molar-refractivity contribution in [2.45, 2.75) is 71.6 Å². The molecule has 0 aliphatic carbocycles. The topological polar surface area (TPSA) is 48.4 Å². The summed E-state index contributed by atoms with van der Waals surface area (Å²) in [5.74, 6) is 0.713. The molecule has 0 aliphatic heterocycles. The number of ether oxygens (including phenoxy) is 2. The molecule has 0 unspecified atom stereocenters. The number of pyridine rings is 1. The summed E-state index contributed by atoms with van der Waals surface area (Å²) >= 11 is 0. The third-order valence-electron chi connectivity index (χ3n) is 4.94. The largest absolute Gasteiger partial charge is 0.493 e. The summed E-state index contributed by atoms with van der Waals surface area (Å²) in [5.41, 5.74) is 3.24. The Bertz CT molecular complexity index is 727. The van der Waals surface area contributed by atoms with Gasteiger partial charge >= 0.3 is 5.97 Å². The summed E-state index contributed by atoms with van der Waals surface area (Å²) in [6.45, 7) is 4.84. The average Bonchev–Trinajstić information content (AvgIpc) is 2.69. The number of fused-ring (bicyclic) bond motifs is 1. The number of unbranched alkanes of at least 4 members (excludes halogenated alkanes) is 5. The number of esters is 1. The van der Waals surface area contributed by atoms with Gasteiger partial charge in [0.1, 0.15) is 5.75 Å². The highest BCUT2D eigenvalue weighted by Crippen LogP contribution is 2.31. The molecular weight excluding hydrogens is 338 g/mol. The minimum absolute atomic E-state index is 0.196. The summed E-state index contributed by atoms with van der Waals surface area (Å²) in [5, 5.41) is 1.04. The second-order valence-corrected chi connectivity index (χ2v) is 7.08. The van der Waals surface area contributed by atoms with Crippen molar-refractivity contribution < 1.29 is 14.3 Å². The minimum atomic E-state index is -0.196. The number of aromatic nitrogens is 1. The van der Waals surface area contributed by atoms with Gasteiger partial charge in [0.25, 0.3) is 0 Å². The van der Waals surface area contributed by atoms with Crippen molar-refractivity contribution in [3.8, 4) is 5.75 Å². The van der Waals surface area contributed by atoms with Crippen LogP contribution < -0.4 is 4.74 Å². The van der Waals surface area contributed by atoms with Gasteiger partial charge in [-0.1, -0.05) is 51.2 Å². The number of carbonyl (C=O) groups is 1. The van der Waals surface area contributed by atoms with Gasteiger partial charge in [0, 0.05) is 23.1 Å². The molecule has 0 amide bonds. The number of hydrogen-bond donors (Lipinski definition) is 0. The van der Waals surface area contributed by atoms with Crippen LogP contribution in [0.1, 0.15) is 69.5 Å². The Morgan fingerprint density at radius 3 is 2.56 bits per heavy atom. The summed E-state index contributed by atoms with van der Waals surface area (Å²) in [4.78, 5) is 16.2. The first kappa shape index (κ1) is 21.2. The molecule has 1 aromatic heterocycles. The monoisotopic (exact) mass is 371 g/mol. The molecule has 4 heteroatoms. The van der Waals surface area contributed by atoms with E-state index in [4.69, 9.17) is 14.5 Å². The molecular formula is C23H33NO3. The standard InChI is InChI=1S/C23H33NO3/c1-4-5-6-7-8-9-14-20-18(2)23(27-17-12-16-22(25)26-3)19-13-10-11-15-21(19)24-20/h10-11,13,15H,4-9,12,14,16-17H2,1-3H3. The number of benzene rings is 1. The molecule has 0 spiro atoms. The fourth-order valence-corrected chi connectivity index (χ4v) is 3.32. The molecule has 0 radical (unpaired) electrons. The molecule has 1 aromatic carbocycles. The van der Waals surface area contributed by atoms with E-state index in [2.05, 4.69) is 19.9 Å². The van der Waals surface area contributed by atoms with Crippen molar-refractivity contribution in [2.24, 2.45) is 0 Å². The van der Waals surface area contributed by atoms with Crippen molar-refractivity contribution in [1.29, 1.82) is 0 Å². The predicted molar refractivity (Wildman–Crippen MR) is 110 cm³/mol. The Morgan fingerprint density at radius 2 is 1.78 bits per heavy atom. The highest BCUT2D eigenvalue weighted by Gasteiger charge is 2.13. The highest BCUT2D eigenvalue weighted by molar-refractivity contribution is 5.86. The van der Waals surface area contributed by atoms with E-state index in [0.29, 0.717) is 19.4 Å². The van der Waals surface area contributed by atoms with Crippen LogP contribution in [0.2, 0.25) is 0 Å². The summed E-state index contributed by atoms with van der Waals surface area (Å²) in [6.07, 6.45) is 9.67. The maximum Gasteiger partial charge on any atom is 0.305 e.